The summed E-state index contributed by atoms with van der Waals surface area (Å²) in [5.74, 6) is -0.289. The zero-order chi connectivity index (χ0) is 12.9. The van der Waals surface area contributed by atoms with E-state index in [9.17, 15) is 4.39 Å². The molecule has 1 heterocycles. The van der Waals surface area contributed by atoms with Gasteiger partial charge >= 0.3 is 0 Å². The summed E-state index contributed by atoms with van der Waals surface area (Å²) in [6, 6.07) is 1.51. The summed E-state index contributed by atoms with van der Waals surface area (Å²) in [5, 5.41) is 3.41. The summed E-state index contributed by atoms with van der Waals surface area (Å²) < 4.78 is 13.0. The SMILES string of the molecule is CC(=CCCNC(C)(C)C)c1cncc(F)c1. The summed E-state index contributed by atoms with van der Waals surface area (Å²) in [5.41, 5.74) is 2.05. The minimum atomic E-state index is -0.289. The molecule has 1 N–H and O–H groups in total. The number of pyridine rings is 1. The fourth-order valence-electron chi connectivity index (χ4n) is 1.48. The second kappa shape index (κ2) is 5.92. The van der Waals surface area contributed by atoms with Crippen LogP contribution in [0.3, 0.4) is 0 Å². The van der Waals surface area contributed by atoms with Gasteiger partial charge in [0.1, 0.15) is 5.82 Å². The van der Waals surface area contributed by atoms with E-state index in [1.807, 2.05) is 6.92 Å². The Hall–Kier alpha value is -1.22. The van der Waals surface area contributed by atoms with Crippen molar-refractivity contribution in [3.8, 4) is 0 Å². The number of nitrogens with one attached hydrogen (secondary N) is 1. The molecule has 0 spiro atoms. The van der Waals surface area contributed by atoms with Crippen LogP contribution in [-0.4, -0.2) is 17.1 Å². The molecule has 0 saturated heterocycles. The predicted octanol–water partition coefficient (Wildman–Crippen LogP) is 3.40. The first-order valence-electron chi connectivity index (χ1n) is 5.91. The lowest BCUT2D eigenvalue weighted by molar-refractivity contribution is 0.431. The monoisotopic (exact) mass is 236 g/mol. The van der Waals surface area contributed by atoms with Crippen molar-refractivity contribution in [1.82, 2.24) is 10.3 Å². The van der Waals surface area contributed by atoms with E-state index < -0.39 is 0 Å². The van der Waals surface area contributed by atoms with Gasteiger partial charge in [-0.05, 0) is 57.9 Å². The zero-order valence-corrected chi connectivity index (χ0v) is 11.0. The van der Waals surface area contributed by atoms with Crippen LogP contribution in [-0.2, 0) is 0 Å². The second-order valence-corrected chi connectivity index (χ2v) is 5.24. The molecule has 0 fully saturated rings. The topological polar surface area (TPSA) is 24.9 Å². The minimum absolute atomic E-state index is 0.141. The van der Waals surface area contributed by atoms with Gasteiger partial charge in [-0.15, -0.1) is 0 Å². The maximum Gasteiger partial charge on any atom is 0.142 e. The van der Waals surface area contributed by atoms with Crippen molar-refractivity contribution in [2.45, 2.75) is 39.7 Å². The summed E-state index contributed by atoms with van der Waals surface area (Å²) in [6.45, 7) is 9.32. The highest BCUT2D eigenvalue weighted by atomic mass is 19.1. The number of aromatic nitrogens is 1. The first-order valence-corrected chi connectivity index (χ1v) is 5.91. The molecule has 0 aliphatic carbocycles. The van der Waals surface area contributed by atoms with Crippen molar-refractivity contribution in [2.75, 3.05) is 6.54 Å². The molecular formula is C14H21FN2. The number of halogens is 1. The molecule has 0 aromatic carbocycles. The van der Waals surface area contributed by atoms with Crippen LogP contribution in [0, 0.1) is 5.82 Å². The van der Waals surface area contributed by atoms with Gasteiger partial charge in [0.05, 0.1) is 6.20 Å². The van der Waals surface area contributed by atoms with E-state index in [1.165, 1.54) is 12.3 Å². The average molecular weight is 236 g/mol. The number of nitrogens with zero attached hydrogens (tertiary/aromatic N) is 1. The Morgan fingerprint density at radius 2 is 2.12 bits per heavy atom. The maximum absolute atomic E-state index is 13.0. The zero-order valence-electron chi connectivity index (χ0n) is 11.0. The fraction of sp³-hybridized carbons (Fsp3) is 0.500. The van der Waals surface area contributed by atoms with Crippen LogP contribution in [0.5, 0.6) is 0 Å². The van der Waals surface area contributed by atoms with E-state index in [2.05, 4.69) is 37.1 Å². The van der Waals surface area contributed by atoms with E-state index in [0.717, 1.165) is 24.1 Å². The Balaban J connectivity index is 2.50. The Morgan fingerprint density at radius 1 is 1.41 bits per heavy atom. The van der Waals surface area contributed by atoms with E-state index in [0.29, 0.717) is 0 Å². The van der Waals surface area contributed by atoms with Gasteiger partial charge in [-0.3, -0.25) is 4.98 Å². The average Bonchev–Trinajstić information content (AvgIpc) is 2.23. The molecule has 17 heavy (non-hydrogen) atoms. The van der Waals surface area contributed by atoms with E-state index in [4.69, 9.17) is 0 Å². The molecule has 1 aromatic heterocycles. The van der Waals surface area contributed by atoms with Crippen LogP contribution in [0.1, 0.15) is 39.7 Å². The number of allylic oxidation sites excluding steroid dienone is 1. The Labute approximate surface area is 103 Å². The van der Waals surface area contributed by atoms with Crippen LogP contribution in [0.2, 0.25) is 0 Å². The van der Waals surface area contributed by atoms with Crippen LogP contribution in [0.15, 0.2) is 24.5 Å². The van der Waals surface area contributed by atoms with E-state index >= 15 is 0 Å². The highest BCUT2D eigenvalue weighted by molar-refractivity contribution is 5.62. The lowest BCUT2D eigenvalue weighted by Gasteiger charge is -2.19. The quantitative estimate of drug-likeness (QED) is 0.810. The van der Waals surface area contributed by atoms with Gasteiger partial charge in [0.15, 0.2) is 0 Å². The second-order valence-electron chi connectivity index (χ2n) is 5.24. The molecule has 3 heteroatoms. The third-order valence-electron chi connectivity index (χ3n) is 2.41. The first-order chi connectivity index (χ1) is 7.88. The molecule has 0 saturated carbocycles. The summed E-state index contributed by atoms with van der Waals surface area (Å²) in [7, 11) is 0. The Kier molecular flexibility index (Phi) is 4.82. The molecule has 0 radical (unpaired) electrons. The van der Waals surface area contributed by atoms with Crippen molar-refractivity contribution in [3.63, 3.8) is 0 Å². The van der Waals surface area contributed by atoms with Crippen molar-refractivity contribution in [3.05, 3.63) is 35.9 Å². The molecular weight excluding hydrogens is 215 g/mol. The summed E-state index contributed by atoms with van der Waals surface area (Å²) in [4.78, 5) is 3.84. The predicted molar refractivity (Wildman–Crippen MR) is 70.2 cm³/mol. The molecule has 2 nitrogen and oxygen atoms in total. The van der Waals surface area contributed by atoms with Crippen molar-refractivity contribution in [2.24, 2.45) is 0 Å². The highest BCUT2D eigenvalue weighted by Crippen LogP contribution is 2.13. The lowest BCUT2D eigenvalue weighted by atomic mass is 10.1. The van der Waals surface area contributed by atoms with Crippen LogP contribution in [0.4, 0.5) is 4.39 Å². The fourth-order valence-corrected chi connectivity index (χ4v) is 1.48. The van der Waals surface area contributed by atoms with E-state index in [-0.39, 0.29) is 11.4 Å². The standard InChI is InChI=1S/C14H21FN2/c1-11(6-5-7-17-14(2,3)4)12-8-13(15)10-16-9-12/h6,8-10,17H,5,7H2,1-4H3. The van der Waals surface area contributed by atoms with Crippen LogP contribution in [0.25, 0.3) is 5.57 Å². The molecule has 0 unspecified atom stereocenters. The highest BCUT2D eigenvalue weighted by Gasteiger charge is 2.06. The third kappa shape index (κ3) is 5.59. The largest absolute Gasteiger partial charge is 0.312 e. The number of rotatable bonds is 4. The normalized spacial score (nSPS) is 12.9. The number of hydrogen-bond donors (Lipinski definition) is 1. The molecule has 0 atom stereocenters. The first kappa shape index (κ1) is 13.8. The van der Waals surface area contributed by atoms with Gasteiger partial charge in [-0.1, -0.05) is 6.08 Å². The Morgan fingerprint density at radius 3 is 2.71 bits per heavy atom. The van der Waals surface area contributed by atoms with Gasteiger partial charge < -0.3 is 5.32 Å². The van der Waals surface area contributed by atoms with E-state index in [1.54, 1.807) is 6.20 Å². The summed E-state index contributed by atoms with van der Waals surface area (Å²) in [6.07, 6.45) is 5.94. The molecule has 0 bridgehead atoms. The van der Waals surface area contributed by atoms with Gasteiger partial charge in [-0.25, -0.2) is 4.39 Å². The van der Waals surface area contributed by atoms with Gasteiger partial charge in [0.25, 0.3) is 0 Å². The lowest BCUT2D eigenvalue weighted by Crippen LogP contribution is -2.36. The van der Waals surface area contributed by atoms with Gasteiger partial charge in [0, 0.05) is 11.7 Å². The Bertz CT molecular complexity index is 391. The maximum atomic E-state index is 13.0. The van der Waals surface area contributed by atoms with Crippen molar-refractivity contribution < 1.29 is 4.39 Å². The van der Waals surface area contributed by atoms with Gasteiger partial charge in [0.2, 0.25) is 0 Å². The summed E-state index contributed by atoms with van der Waals surface area (Å²) >= 11 is 0. The van der Waals surface area contributed by atoms with Crippen molar-refractivity contribution >= 4 is 5.57 Å². The van der Waals surface area contributed by atoms with Crippen LogP contribution >= 0.6 is 0 Å². The third-order valence-corrected chi connectivity index (χ3v) is 2.41. The molecule has 0 aliphatic rings. The minimum Gasteiger partial charge on any atom is -0.312 e. The molecule has 0 amide bonds. The number of hydrogen-bond acceptors (Lipinski definition) is 2. The molecule has 0 aliphatic heterocycles. The smallest absolute Gasteiger partial charge is 0.142 e. The van der Waals surface area contributed by atoms with Crippen LogP contribution < -0.4 is 5.32 Å². The van der Waals surface area contributed by atoms with Gasteiger partial charge in [-0.2, -0.15) is 0 Å². The van der Waals surface area contributed by atoms with Crippen molar-refractivity contribution in [1.29, 1.82) is 0 Å². The molecule has 1 rings (SSSR count). The molecule has 1 aromatic rings. The molecule has 94 valence electrons.